The lowest BCUT2D eigenvalue weighted by Gasteiger charge is -2.02. The van der Waals surface area contributed by atoms with Gasteiger partial charge in [0.2, 0.25) is 0 Å². The second-order valence-electron chi connectivity index (χ2n) is 5.31. The van der Waals surface area contributed by atoms with Gasteiger partial charge in [-0.15, -0.1) is 0 Å². The quantitative estimate of drug-likeness (QED) is 0.371. The SMILES string of the molecule is O=C(N/N=C\c1ccc(-c2cccc(Cl)c2Cl)o1)c1cccc([N+](=O)[O-])c1. The van der Waals surface area contributed by atoms with Crippen LogP contribution in [0.3, 0.4) is 0 Å². The normalized spacial score (nSPS) is 10.9. The second-order valence-corrected chi connectivity index (χ2v) is 6.10. The lowest BCUT2D eigenvalue weighted by Crippen LogP contribution is -2.17. The molecule has 9 heteroatoms. The van der Waals surface area contributed by atoms with E-state index in [9.17, 15) is 14.9 Å². The highest BCUT2D eigenvalue weighted by atomic mass is 35.5. The van der Waals surface area contributed by atoms with Crippen molar-refractivity contribution in [2.75, 3.05) is 0 Å². The minimum Gasteiger partial charge on any atom is -0.455 e. The van der Waals surface area contributed by atoms with Gasteiger partial charge in [-0.3, -0.25) is 14.9 Å². The first kappa shape index (κ1) is 18.6. The molecule has 0 aliphatic rings. The van der Waals surface area contributed by atoms with Gasteiger partial charge >= 0.3 is 0 Å². The fourth-order valence-corrected chi connectivity index (χ4v) is 2.63. The van der Waals surface area contributed by atoms with E-state index < -0.39 is 10.8 Å². The predicted octanol–water partition coefficient (Wildman–Crippen LogP) is 4.93. The predicted molar refractivity (Wildman–Crippen MR) is 102 cm³/mol. The summed E-state index contributed by atoms with van der Waals surface area (Å²) in [5.74, 6) is 0.286. The number of amides is 1. The highest BCUT2D eigenvalue weighted by Crippen LogP contribution is 2.34. The number of nitrogens with zero attached hydrogens (tertiary/aromatic N) is 2. The summed E-state index contributed by atoms with van der Waals surface area (Å²) in [7, 11) is 0. The molecule has 0 spiro atoms. The fraction of sp³-hybridized carbons (Fsp3) is 0. The van der Waals surface area contributed by atoms with E-state index in [1.54, 1.807) is 30.3 Å². The number of hydrogen-bond donors (Lipinski definition) is 1. The maximum atomic E-state index is 12.0. The van der Waals surface area contributed by atoms with Crippen molar-refractivity contribution < 1.29 is 14.1 Å². The number of nitrogens with one attached hydrogen (secondary N) is 1. The minimum atomic E-state index is -0.584. The first-order chi connectivity index (χ1) is 13.0. The summed E-state index contributed by atoms with van der Waals surface area (Å²) >= 11 is 12.1. The van der Waals surface area contributed by atoms with Crippen LogP contribution in [0.4, 0.5) is 5.69 Å². The van der Waals surface area contributed by atoms with E-state index >= 15 is 0 Å². The van der Waals surface area contributed by atoms with Crippen LogP contribution in [0.1, 0.15) is 16.1 Å². The van der Waals surface area contributed by atoms with E-state index in [0.29, 0.717) is 27.1 Å². The molecule has 0 saturated heterocycles. The van der Waals surface area contributed by atoms with Crippen molar-refractivity contribution in [2.24, 2.45) is 5.10 Å². The number of nitro groups is 1. The van der Waals surface area contributed by atoms with Crippen LogP contribution < -0.4 is 5.43 Å². The molecule has 0 fully saturated rings. The third-order valence-corrected chi connectivity index (χ3v) is 4.34. The summed E-state index contributed by atoms with van der Waals surface area (Å²) in [5.41, 5.74) is 2.85. The zero-order valence-corrected chi connectivity index (χ0v) is 15.1. The van der Waals surface area contributed by atoms with Crippen LogP contribution in [0.2, 0.25) is 10.0 Å². The molecule has 0 aliphatic carbocycles. The topological polar surface area (TPSA) is 97.7 Å². The number of nitro benzene ring substituents is 1. The molecule has 1 amide bonds. The van der Waals surface area contributed by atoms with Gasteiger partial charge < -0.3 is 4.42 Å². The Kier molecular flexibility index (Phi) is 5.54. The van der Waals surface area contributed by atoms with Crippen LogP contribution in [0.15, 0.2) is 64.1 Å². The van der Waals surface area contributed by atoms with Gasteiger partial charge in [0.1, 0.15) is 11.5 Å². The third kappa shape index (κ3) is 4.33. The molecular formula is C18H11Cl2N3O4. The minimum absolute atomic E-state index is 0.118. The molecule has 7 nitrogen and oxygen atoms in total. The largest absolute Gasteiger partial charge is 0.455 e. The Morgan fingerprint density at radius 2 is 1.93 bits per heavy atom. The van der Waals surface area contributed by atoms with Crippen LogP contribution >= 0.6 is 23.2 Å². The molecule has 0 saturated carbocycles. The molecule has 0 unspecified atom stereocenters. The maximum Gasteiger partial charge on any atom is 0.271 e. The summed E-state index contributed by atoms with van der Waals surface area (Å²) in [5, 5.41) is 15.3. The second kappa shape index (κ2) is 8.03. The lowest BCUT2D eigenvalue weighted by atomic mass is 10.2. The number of non-ortho nitro benzene ring substituents is 1. The first-order valence-electron chi connectivity index (χ1n) is 7.58. The lowest BCUT2D eigenvalue weighted by molar-refractivity contribution is -0.384. The molecule has 0 aliphatic heterocycles. The number of furan rings is 1. The van der Waals surface area contributed by atoms with Crippen LogP contribution in [0, 0.1) is 10.1 Å². The van der Waals surface area contributed by atoms with Gasteiger partial charge in [0, 0.05) is 23.3 Å². The van der Waals surface area contributed by atoms with Gasteiger partial charge in [-0.25, -0.2) is 5.43 Å². The van der Waals surface area contributed by atoms with E-state index in [0.717, 1.165) is 6.07 Å². The fourth-order valence-electron chi connectivity index (χ4n) is 2.24. The van der Waals surface area contributed by atoms with Crippen molar-refractivity contribution in [3.63, 3.8) is 0 Å². The van der Waals surface area contributed by atoms with E-state index in [1.807, 2.05) is 0 Å². The van der Waals surface area contributed by atoms with Crippen molar-refractivity contribution in [1.29, 1.82) is 0 Å². The first-order valence-corrected chi connectivity index (χ1v) is 8.33. The number of carbonyl (C=O) groups excluding carboxylic acids is 1. The summed E-state index contributed by atoms with van der Waals surface area (Å²) in [6, 6.07) is 13.9. The van der Waals surface area contributed by atoms with E-state index in [-0.39, 0.29) is 11.3 Å². The molecule has 1 N–H and O–H groups in total. The zero-order chi connectivity index (χ0) is 19.4. The molecule has 0 atom stereocenters. The van der Waals surface area contributed by atoms with Crippen molar-refractivity contribution >= 4 is 41.0 Å². The summed E-state index contributed by atoms with van der Waals surface area (Å²) in [4.78, 5) is 22.2. The van der Waals surface area contributed by atoms with Gasteiger partial charge in [0.05, 0.1) is 21.2 Å². The van der Waals surface area contributed by atoms with Crippen molar-refractivity contribution in [3.05, 3.63) is 86.1 Å². The van der Waals surface area contributed by atoms with Gasteiger partial charge in [-0.1, -0.05) is 35.3 Å². The zero-order valence-electron chi connectivity index (χ0n) is 13.6. The van der Waals surface area contributed by atoms with E-state index in [2.05, 4.69) is 10.5 Å². The van der Waals surface area contributed by atoms with Gasteiger partial charge in [0.25, 0.3) is 11.6 Å². The summed E-state index contributed by atoms with van der Waals surface area (Å²) < 4.78 is 5.61. The standard InChI is InChI=1S/C18H11Cl2N3O4/c19-15-6-2-5-14(17(15)20)16-8-7-13(27-16)10-21-22-18(24)11-3-1-4-12(9-11)23(25)26/h1-10H,(H,22,24)/b21-10-. The molecule has 136 valence electrons. The number of benzene rings is 2. The van der Waals surface area contributed by atoms with Gasteiger partial charge in [-0.2, -0.15) is 5.10 Å². The molecular weight excluding hydrogens is 393 g/mol. The van der Waals surface area contributed by atoms with Crippen LogP contribution in [-0.4, -0.2) is 17.0 Å². The Bertz CT molecular complexity index is 1050. The molecule has 1 heterocycles. The summed E-state index contributed by atoms with van der Waals surface area (Å²) in [6.07, 6.45) is 1.30. The van der Waals surface area contributed by atoms with Crippen LogP contribution in [0.5, 0.6) is 0 Å². The highest BCUT2D eigenvalue weighted by Gasteiger charge is 2.12. The van der Waals surface area contributed by atoms with E-state index in [4.69, 9.17) is 27.6 Å². The number of hydrogen-bond acceptors (Lipinski definition) is 5. The molecule has 0 radical (unpaired) electrons. The Balaban J connectivity index is 1.70. The van der Waals surface area contributed by atoms with Gasteiger partial charge in [0.15, 0.2) is 0 Å². The Morgan fingerprint density at radius 3 is 2.70 bits per heavy atom. The number of rotatable bonds is 5. The molecule has 1 aromatic heterocycles. The van der Waals surface area contributed by atoms with Crippen molar-refractivity contribution in [2.45, 2.75) is 0 Å². The smallest absolute Gasteiger partial charge is 0.271 e. The third-order valence-electron chi connectivity index (χ3n) is 3.52. The molecule has 3 rings (SSSR count). The van der Waals surface area contributed by atoms with Crippen molar-refractivity contribution in [1.82, 2.24) is 5.43 Å². The average Bonchev–Trinajstić information content (AvgIpc) is 3.12. The van der Waals surface area contributed by atoms with Crippen molar-refractivity contribution in [3.8, 4) is 11.3 Å². The van der Waals surface area contributed by atoms with Gasteiger partial charge in [-0.05, 0) is 30.3 Å². The Hall–Kier alpha value is -3.16. The molecule has 0 bridgehead atoms. The van der Waals surface area contributed by atoms with Crippen LogP contribution in [0.25, 0.3) is 11.3 Å². The Labute approximate surface area is 163 Å². The number of halogens is 2. The molecule has 2 aromatic carbocycles. The number of carbonyl (C=O) groups is 1. The average molecular weight is 404 g/mol. The Morgan fingerprint density at radius 1 is 1.15 bits per heavy atom. The monoisotopic (exact) mass is 403 g/mol. The highest BCUT2D eigenvalue weighted by molar-refractivity contribution is 6.43. The molecule has 3 aromatic rings. The maximum absolute atomic E-state index is 12.0. The molecule has 27 heavy (non-hydrogen) atoms. The van der Waals surface area contributed by atoms with Crippen LogP contribution in [-0.2, 0) is 0 Å². The van der Waals surface area contributed by atoms with E-state index in [1.165, 1.54) is 24.4 Å². The summed E-state index contributed by atoms with van der Waals surface area (Å²) in [6.45, 7) is 0. The number of hydrazone groups is 1.